The average Bonchev–Trinajstić information content (AvgIpc) is 2.90. The molecule has 1 aromatic carbocycles. The number of anilines is 2. The van der Waals surface area contributed by atoms with Crippen molar-refractivity contribution < 1.29 is 13.2 Å². The monoisotopic (exact) mass is 299 g/mol. The van der Waals surface area contributed by atoms with Crippen molar-refractivity contribution in [1.29, 1.82) is 0 Å². The molecule has 112 valence electrons. The van der Waals surface area contributed by atoms with Gasteiger partial charge in [0.2, 0.25) is 0 Å². The minimum Gasteiger partial charge on any atom is -0.382 e. The van der Waals surface area contributed by atoms with Crippen LogP contribution in [0.2, 0.25) is 0 Å². The van der Waals surface area contributed by atoms with E-state index in [9.17, 15) is 8.42 Å². The van der Waals surface area contributed by atoms with Crippen LogP contribution in [-0.2, 0) is 14.9 Å². The van der Waals surface area contributed by atoms with Crippen molar-refractivity contribution in [2.45, 2.75) is 18.9 Å². The molecule has 0 bridgehead atoms. The molecule has 2 rings (SSSR count). The highest BCUT2D eigenvalue weighted by Gasteiger charge is 2.15. The van der Waals surface area contributed by atoms with Crippen LogP contribution < -0.4 is 10.0 Å². The summed E-state index contributed by atoms with van der Waals surface area (Å²) >= 11 is 0. The summed E-state index contributed by atoms with van der Waals surface area (Å²) in [5, 5.41) is 3.29. The maximum atomic E-state index is 11.7. The van der Waals surface area contributed by atoms with Crippen molar-refractivity contribution in [2.24, 2.45) is 0 Å². The van der Waals surface area contributed by atoms with Gasteiger partial charge in [-0.2, -0.15) is 12.7 Å². The molecule has 1 aromatic rings. The van der Waals surface area contributed by atoms with E-state index in [4.69, 9.17) is 4.74 Å². The number of nitrogens with zero attached hydrogens (tertiary/aromatic N) is 1. The highest BCUT2D eigenvalue weighted by molar-refractivity contribution is 7.90. The lowest BCUT2D eigenvalue weighted by atomic mass is 10.2. The minimum atomic E-state index is -3.45. The predicted octanol–water partition coefficient (Wildman–Crippen LogP) is 1.50. The van der Waals surface area contributed by atoms with Gasteiger partial charge in [0.25, 0.3) is 0 Å². The van der Waals surface area contributed by atoms with E-state index in [-0.39, 0.29) is 6.10 Å². The molecule has 1 aliphatic rings. The summed E-state index contributed by atoms with van der Waals surface area (Å²) in [6.07, 6.45) is 2.49. The maximum Gasteiger partial charge on any atom is 0.301 e. The Kier molecular flexibility index (Phi) is 4.85. The van der Waals surface area contributed by atoms with Crippen LogP contribution >= 0.6 is 0 Å². The highest BCUT2D eigenvalue weighted by Crippen LogP contribution is 2.17. The lowest BCUT2D eigenvalue weighted by Crippen LogP contribution is -2.28. The van der Waals surface area contributed by atoms with Crippen LogP contribution in [0, 0.1) is 0 Å². The second-order valence-electron chi connectivity index (χ2n) is 4.98. The van der Waals surface area contributed by atoms with Gasteiger partial charge in [-0.15, -0.1) is 0 Å². The Balaban J connectivity index is 1.89. The van der Waals surface area contributed by atoms with E-state index in [1.807, 2.05) is 12.1 Å². The molecule has 1 atom stereocenters. The van der Waals surface area contributed by atoms with Gasteiger partial charge in [-0.05, 0) is 37.1 Å². The fourth-order valence-electron chi connectivity index (χ4n) is 1.93. The fraction of sp³-hybridized carbons (Fsp3) is 0.538. The van der Waals surface area contributed by atoms with E-state index in [2.05, 4.69) is 10.0 Å². The quantitative estimate of drug-likeness (QED) is 0.835. The molecule has 0 saturated carbocycles. The lowest BCUT2D eigenvalue weighted by Gasteiger charge is -2.14. The van der Waals surface area contributed by atoms with Gasteiger partial charge < -0.3 is 10.1 Å². The number of hydrogen-bond acceptors (Lipinski definition) is 4. The zero-order valence-corrected chi connectivity index (χ0v) is 12.6. The first-order valence-corrected chi connectivity index (χ1v) is 8.07. The van der Waals surface area contributed by atoms with E-state index in [1.165, 1.54) is 14.1 Å². The third kappa shape index (κ3) is 4.09. The van der Waals surface area contributed by atoms with Crippen LogP contribution in [-0.4, -0.2) is 46.1 Å². The summed E-state index contributed by atoms with van der Waals surface area (Å²) in [5.41, 5.74) is 1.50. The molecule has 0 amide bonds. The first-order chi connectivity index (χ1) is 9.47. The molecule has 20 heavy (non-hydrogen) atoms. The van der Waals surface area contributed by atoms with Crippen molar-refractivity contribution >= 4 is 21.6 Å². The summed E-state index contributed by atoms with van der Waals surface area (Å²) < 4.78 is 32.5. The molecular formula is C13H21N3O3S. The molecule has 6 nitrogen and oxygen atoms in total. The topological polar surface area (TPSA) is 70.7 Å². The van der Waals surface area contributed by atoms with Gasteiger partial charge in [0.05, 0.1) is 6.10 Å². The van der Waals surface area contributed by atoms with Gasteiger partial charge in [0.1, 0.15) is 0 Å². The Hall–Kier alpha value is -1.31. The van der Waals surface area contributed by atoms with Crippen molar-refractivity contribution in [3.05, 3.63) is 24.3 Å². The smallest absolute Gasteiger partial charge is 0.301 e. The van der Waals surface area contributed by atoms with Crippen LogP contribution in [0.3, 0.4) is 0 Å². The largest absolute Gasteiger partial charge is 0.382 e. The Morgan fingerprint density at radius 1 is 1.25 bits per heavy atom. The third-order valence-electron chi connectivity index (χ3n) is 3.17. The van der Waals surface area contributed by atoms with Crippen LogP contribution in [0.15, 0.2) is 24.3 Å². The van der Waals surface area contributed by atoms with Gasteiger partial charge >= 0.3 is 10.2 Å². The Morgan fingerprint density at radius 2 is 1.90 bits per heavy atom. The van der Waals surface area contributed by atoms with Gasteiger partial charge in [-0.25, -0.2) is 0 Å². The second-order valence-corrected chi connectivity index (χ2v) is 6.87. The van der Waals surface area contributed by atoms with Crippen molar-refractivity contribution in [2.75, 3.05) is 37.3 Å². The van der Waals surface area contributed by atoms with Crippen LogP contribution in [0.4, 0.5) is 11.4 Å². The molecule has 0 aliphatic carbocycles. The first-order valence-electron chi connectivity index (χ1n) is 6.63. The molecule has 0 radical (unpaired) electrons. The van der Waals surface area contributed by atoms with Gasteiger partial charge in [-0.1, -0.05) is 0 Å². The van der Waals surface area contributed by atoms with E-state index < -0.39 is 10.2 Å². The molecule has 0 spiro atoms. The number of hydrogen-bond donors (Lipinski definition) is 2. The predicted molar refractivity (Wildman–Crippen MR) is 80.1 cm³/mol. The van der Waals surface area contributed by atoms with E-state index in [1.54, 1.807) is 12.1 Å². The van der Waals surface area contributed by atoms with Crippen molar-refractivity contribution in [1.82, 2.24) is 4.31 Å². The number of benzene rings is 1. The summed E-state index contributed by atoms with van der Waals surface area (Å²) in [6, 6.07) is 7.17. The average molecular weight is 299 g/mol. The SMILES string of the molecule is CN(C)S(=O)(=O)Nc1ccc(NCC2CCCO2)cc1. The second kappa shape index (κ2) is 6.43. The van der Waals surface area contributed by atoms with E-state index in [0.29, 0.717) is 5.69 Å². The maximum absolute atomic E-state index is 11.7. The third-order valence-corrected chi connectivity index (χ3v) is 4.63. The molecule has 2 N–H and O–H groups in total. The van der Waals surface area contributed by atoms with Gasteiger partial charge in [-0.3, -0.25) is 4.72 Å². The zero-order chi connectivity index (χ0) is 14.6. The van der Waals surface area contributed by atoms with E-state index >= 15 is 0 Å². The molecule has 1 fully saturated rings. The number of nitrogens with one attached hydrogen (secondary N) is 2. The molecule has 7 heteroatoms. The Morgan fingerprint density at radius 3 is 2.45 bits per heavy atom. The van der Waals surface area contributed by atoms with E-state index in [0.717, 1.165) is 36.0 Å². The fourth-order valence-corrected chi connectivity index (χ4v) is 2.55. The Labute approximate surface area is 120 Å². The summed E-state index contributed by atoms with van der Waals surface area (Å²) in [5.74, 6) is 0. The number of ether oxygens (including phenoxy) is 1. The van der Waals surface area contributed by atoms with Gasteiger partial charge in [0, 0.05) is 38.6 Å². The van der Waals surface area contributed by atoms with Gasteiger partial charge in [0.15, 0.2) is 0 Å². The molecule has 0 aromatic heterocycles. The van der Waals surface area contributed by atoms with Crippen LogP contribution in [0.5, 0.6) is 0 Å². The van der Waals surface area contributed by atoms with Crippen LogP contribution in [0.25, 0.3) is 0 Å². The molecule has 1 heterocycles. The van der Waals surface area contributed by atoms with Crippen molar-refractivity contribution in [3.8, 4) is 0 Å². The molecule has 1 saturated heterocycles. The molecular weight excluding hydrogens is 278 g/mol. The summed E-state index contributed by atoms with van der Waals surface area (Å²) in [7, 11) is -0.475. The zero-order valence-electron chi connectivity index (χ0n) is 11.8. The normalized spacial score (nSPS) is 19.2. The molecule has 1 unspecified atom stereocenters. The van der Waals surface area contributed by atoms with Crippen molar-refractivity contribution in [3.63, 3.8) is 0 Å². The number of rotatable bonds is 6. The first kappa shape index (κ1) is 15.1. The summed E-state index contributed by atoms with van der Waals surface area (Å²) in [4.78, 5) is 0. The minimum absolute atomic E-state index is 0.280. The highest BCUT2D eigenvalue weighted by atomic mass is 32.2. The summed E-state index contributed by atoms with van der Waals surface area (Å²) in [6.45, 7) is 1.63. The molecule has 1 aliphatic heterocycles. The Bertz CT molecular complexity index is 522. The lowest BCUT2D eigenvalue weighted by molar-refractivity contribution is 0.120. The van der Waals surface area contributed by atoms with Crippen LogP contribution in [0.1, 0.15) is 12.8 Å². The standard InChI is InChI=1S/C13H21N3O3S/c1-16(2)20(17,18)15-12-7-5-11(6-8-12)14-10-13-4-3-9-19-13/h5-8,13-15H,3-4,9-10H2,1-2H3.